The number of aromatic nitrogens is 2. The predicted molar refractivity (Wildman–Crippen MR) is 85.7 cm³/mol. The van der Waals surface area contributed by atoms with Crippen LogP contribution in [0.15, 0.2) is 28.6 Å². The molecule has 10 heteroatoms. The van der Waals surface area contributed by atoms with Crippen LogP contribution in [0.1, 0.15) is 0 Å². The summed E-state index contributed by atoms with van der Waals surface area (Å²) >= 11 is 13.5. The SMILES string of the molecule is NC(=O)NC(=O)CSc1nn(-c2ccc(Cl)cc2)c(=S)s1. The summed E-state index contributed by atoms with van der Waals surface area (Å²) in [6.07, 6.45) is 0. The number of benzene rings is 1. The maximum atomic E-state index is 11.3. The van der Waals surface area contributed by atoms with Gasteiger partial charge in [0.2, 0.25) is 5.91 Å². The van der Waals surface area contributed by atoms with Crippen LogP contribution in [0.4, 0.5) is 4.79 Å². The van der Waals surface area contributed by atoms with Gasteiger partial charge < -0.3 is 5.73 Å². The maximum absolute atomic E-state index is 11.3. The topological polar surface area (TPSA) is 90.0 Å². The minimum atomic E-state index is -0.875. The monoisotopic (exact) mass is 360 g/mol. The van der Waals surface area contributed by atoms with Crippen LogP contribution in [0.25, 0.3) is 5.69 Å². The number of amides is 3. The fourth-order valence-corrected chi connectivity index (χ4v) is 3.65. The molecule has 3 amide bonds. The summed E-state index contributed by atoms with van der Waals surface area (Å²) in [5, 5.41) is 6.92. The van der Waals surface area contributed by atoms with Crippen LogP contribution in [-0.2, 0) is 4.79 Å². The Balaban J connectivity index is 2.09. The Morgan fingerprint density at radius 2 is 2.10 bits per heavy atom. The number of hydrogen-bond acceptors (Lipinski definition) is 6. The summed E-state index contributed by atoms with van der Waals surface area (Å²) in [7, 11) is 0. The van der Waals surface area contributed by atoms with Crippen molar-refractivity contribution in [2.45, 2.75) is 4.34 Å². The number of primary amides is 1. The molecule has 3 N–H and O–H groups in total. The molecule has 0 saturated carbocycles. The molecule has 1 aromatic heterocycles. The Labute approximate surface area is 138 Å². The van der Waals surface area contributed by atoms with E-state index in [9.17, 15) is 9.59 Å². The molecule has 110 valence electrons. The molecule has 1 heterocycles. The third kappa shape index (κ3) is 4.53. The molecule has 0 spiro atoms. The van der Waals surface area contributed by atoms with E-state index in [0.717, 1.165) is 5.69 Å². The zero-order valence-electron chi connectivity index (χ0n) is 10.4. The number of imide groups is 1. The standard InChI is InChI=1S/C11H9ClN4O2S3/c12-6-1-3-7(4-2-6)16-11(19)21-10(15-16)20-5-8(17)14-9(13)18/h1-4H,5H2,(H3,13,14,17,18). The smallest absolute Gasteiger partial charge is 0.318 e. The minimum absolute atomic E-state index is 0.0336. The van der Waals surface area contributed by atoms with Crippen molar-refractivity contribution in [2.75, 3.05) is 5.75 Å². The van der Waals surface area contributed by atoms with E-state index < -0.39 is 11.9 Å². The van der Waals surface area contributed by atoms with Gasteiger partial charge in [-0.05, 0) is 36.5 Å². The minimum Gasteiger partial charge on any atom is -0.351 e. The van der Waals surface area contributed by atoms with Crippen molar-refractivity contribution in [3.05, 3.63) is 33.2 Å². The molecule has 2 rings (SSSR count). The molecule has 0 atom stereocenters. The van der Waals surface area contributed by atoms with Gasteiger partial charge in [-0.25, -0.2) is 9.48 Å². The van der Waals surface area contributed by atoms with E-state index in [1.54, 1.807) is 28.9 Å². The zero-order chi connectivity index (χ0) is 15.4. The number of hydrogen-bond donors (Lipinski definition) is 2. The predicted octanol–water partition coefficient (Wildman–Crippen LogP) is 2.60. The van der Waals surface area contributed by atoms with Gasteiger partial charge in [-0.1, -0.05) is 34.7 Å². The van der Waals surface area contributed by atoms with Crippen LogP contribution in [0, 0.1) is 3.95 Å². The van der Waals surface area contributed by atoms with Gasteiger partial charge in [-0.15, -0.1) is 5.10 Å². The van der Waals surface area contributed by atoms with Crippen LogP contribution in [-0.4, -0.2) is 27.5 Å². The van der Waals surface area contributed by atoms with E-state index in [0.29, 0.717) is 13.3 Å². The van der Waals surface area contributed by atoms with E-state index in [4.69, 9.17) is 29.6 Å². The fourth-order valence-electron chi connectivity index (χ4n) is 1.37. The Kier molecular flexibility index (Phi) is 5.34. The van der Waals surface area contributed by atoms with Crippen LogP contribution in [0.3, 0.4) is 0 Å². The van der Waals surface area contributed by atoms with Gasteiger partial charge in [0.05, 0.1) is 11.4 Å². The molecule has 21 heavy (non-hydrogen) atoms. The number of rotatable bonds is 4. The summed E-state index contributed by atoms with van der Waals surface area (Å²) in [6, 6.07) is 6.20. The van der Waals surface area contributed by atoms with Crippen molar-refractivity contribution in [3.63, 3.8) is 0 Å². The molecule has 0 fully saturated rings. The molecule has 1 aromatic carbocycles. The number of nitrogens with two attached hydrogens (primary N) is 1. The van der Waals surface area contributed by atoms with E-state index >= 15 is 0 Å². The highest BCUT2D eigenvalue weighted by Gasteiger charge is 2.10. The van der Waals surface area contributed by atoms with Crippen LogP contribution >= 0.6 is 46.9 Å². The normalized spacial score (nSPS) is 10.3. The quantitative estimate of drug-likeness (QED) is 0.646. The Bertz CT molecular complexity index is 726. The van der Waals surface area contributed by atoms with Gasteiger partial charge in [-0.3, -0.25) is 10.1 Å². The van der Waals surface area contributed by atoms with Gasteiger partial charge in [0.15, 0.2) is 8.29 Å². The number of halogens is 1. The number of nitrogens with zero attached hydrogens (tertiary/aromatic N) is 2. The van der Waals surface area contributed by atoms with Crippen molar-refractivity contribution >= 4 is 58.9 Å². The lowest BCUT2D eigenvalue weighted by Crippen LogP contribution is -2.36. The summed E-state index contributed by atoms with van der Waals surface area (Å²) < 4.78 is 2.76. The molecule has 0 aliphatic heterocycles. The Hall–Kier alpha value is -1.42. The maximum Gasteiger partial charge on any atom is 0.318 e. The van der Waals surface area contributed by atoms with E-state index in [1.807, 2.05) is 5.32 Å². The van der Waals surface area contributed by atoms with Gasteiger partial charge in [0.25, 0.3) is 0 Å². The number of carbonyl (C=O) groups is 2. The highest BCUT2D eigenvalue weighted by molar-refractivity contribution is 8.01. The number of thioether (sulfide) groups is 1. The molecular weight excluding hydrogens is 352 g/mol. The number of carbonyl (C=O) groups excluding carboxylic acids is 2. The second kappa shape index (κ2) is 7.03. The average molecular weight is 361 g/mol. The molecule has 0 radical (unpaired) electrons. The lowest BCUT2D eigenvalue weighted by Gasteiger charge is -2.00. The molecule has 0 aliphatic rings. The first kappa shape index (κ1) is 16.0. The highest BCUT2D eigenvalue weighted by Crippen LogP contribution is 2.24. The average Bonchev–Trinajstić information content (AvgIpc) is 2.78. The van der Waals surface area contributed by atoms with E-state index in [2.05, 4.69) is 5.10 Å². The second-order valence-electron chi connectivity index (χ2n) is 3.72. The van der Waals surface area contributed by atoms with Gasteiger partial charge in [0, 0.05) is 5.02 Å². The van der Waals surface area contributed by atoms with E-state index in [1.165, 1.54) is 23.1 Å². The fraction of sp³-hybridized carbons (Fsp3) is 0.0909. The van der Waals surface area contributed by atoms with Crippen LogP contribution in [0.2, 0.25) is 5.02 Å². The van der Waals surface area contributed by atoms with Gasteiger partial charge >= 0.3 is 6.03 Å². The number of urea groups is 1. The largest absolute Gasteiger partial charge is 0.351 e. The highest BCUT2D eigenvalue weighted by atomic mass is 35.5. The summed E-state index contributed by atoms with van der Waals surface area (Å²) in [5.41, 5.74) is 5.64. The van der Waals surface area contributed by atoms with Crippen LogP contribution < -0.4 is 11.1 Å². The third-order valence-electron chi connectivity index (χ3n) is 2.19. The molecule has 0 saturated heterocycles. The van der Waals surface area contributed by atoms with Crippen molar-refractivity contribution in [1.82, 2.24) is 15.1 Å². The first-order valence-electron chi connectivity index (χ1n) is 5.54. The first-order valence-corrected chi connectivity index (χ1v) is 8.13. The molecular formula is C11H9ClN4O2S3. The Morgan fingerprint density at radius 3 is 2.71 bits per heavy atom. The van der Waals surface area contributed by atoms with Crippen LogP contribution in [0.5, 0.6) is 0 Å². The summed E-state index contributed by atoms with van der Waals surface area (Å²) in [4.78, 5) is 21.9. The molecule has 0 aliphatic carbocycles. The summed E-state index contributed by atoms with van der Waals surface area (Å²) in [5.74, 6) is -0.446. The number of nitrogens with one attached hydrogen (secondary N) is 1. The zero-order valence-corrected chi connectivity index (χ0v) is 13.6. The van der Waals surface area contributed by atoms with Crippen molar-refractivity contribution in [3.8, 4) is 5.69 Å². The second-order valence-corrected chi connectivity index (χ2v) is 7.00. The van der Waals surface area contributed by atoms with Crippen molar-refractivity contribution in [2.24, 2.45) is 5.73 Å². The lowest BCUT2D eigenvalue weighted by molar-refractivity contribution is -0.117. The molecule has 6 nitrogen and oxygen atoms in total. The van der Waals surface area contributed by atoms with Crippen molar-refractivity contribution < 1.29 is 9.59 Å². The van der Waals surface area contributed by atoms with Crippen molar-refractivity contribution in [1.29, 1.82) is 0 Å². The van der Waals surface area contributed by atoms with Gasteiger partial charge in [0.1, 0.15) is 0 Å². The van der Waals surface area contributed by atoms with Gasteiger partial charge in [-0.2, -0.15) is 0 Å². The molecule has 0 bridgehead atoms. The lowest BCUT2D eigenvalue weighted by atomic mass is 10.3. The third-order valence-corrected chi connectivity index (χ3v) is 4.81. The summed E-state index contributed by atoms with van der Waals surface area (Å²) in [6.45, 7) is 0. The Morgan fingerprint density at radius 1 is 1.43 bits per heavy atom. The molecule has 2 aromatic rings. The van der Waals surface area contributed by atoms with E-state index in [-0.39, 0.29) is 5.75 Å². The molecule has 0 unspecified atom stereocenters. The first-order chi connectivity index (χ1) is 9.95.